The lowest BCUT2D eigenvalue weighted by Crippen LogP contribution is -2.28. The molecule has 2 aliphatic rings. The zero-order valence-corrected chi connectivity index (χ0v) is 16.5. The summed E-state index contributed by atoms with van der Waals surface area (Å²) in [5, 5.41) is 8.11. The van der Waals surface area contributed by atoms with Gasteiger partial charge in [-0.3, -0.25) is 0 Å². The molecule has 2 aromatic rings. The molecule has 4 heteroatoms. The Balaban J connectivity index is 0.00000196. The van der Waals surface area contributed by atoms with E-state index in [0.717, 1.165) is 25.3 Å². The maximum atomic E-state index is 5.92. The second kappa shape index (κ2) is 9.31. The van der Waals surface area contributed by atoms with E-state index in [-0.39, 0.29) is 23.3 Å². The molecule has 2 aliphatic heterocycles. The number of rotatable bonds is 6. The Morgan fingerprint density at radius 2 is 1.77 bits per heavy atom. The Bertz CT molecular complexity index is 754. The first-order chi connectivity index (χ1) is 12.4. The van der Waals surface area contributed by atoms with Crippen LogP contribution in [-0.2, 0) is 6.42 Å². The number of ether oxygens (including phenoxy) is 1. The van der Waals surface area contributed by atoms with Crippen molar-refractivity contribution in [3.05, 3.63) is 82.6 Å². The fraction of sp³-hybridized carbons (Fsp3) is 0.273. The van der Waals surface area contributed by atoms with Gasteiger partial charge >= 0.3 is 0 Å². The summed E-state index contributed by atoms with van der Waals surface area (Å²) in [6.07, 6.45) is 7.78. The zero-order chi connectivity index (χ0) is 16.9. The molecule has 0 saturated carbocycles. The van der Waals surface area contributed by atoms with Crippen LogP contribution in [0.4, 0.5) is 0 Å². The van der Waals surface area contributed by atoms with Crippen molar-refractivity contribution in [3.63, 3.8) is 0 Å². The lowest BCUT2D eigenvalue weighted by Gasteiger charge is -2.16. The minimum absolute atomic E-state index is 0. The molecular formula is C22H26ClNOS. The number of hydrogen-bond donors (Lipinski definition) is 2. The lowest BCUT2D eigenvalue weighted by atomic mass is 10.0. The molecule has 0 unspecified atom stereocenters. The van der Waals surface area contributed by atoms with Crippen molar-refractivity contribution >= 4 is 23.3 Å². The van der Waals surface area contributed by atoms with Gasteiger partial charge in [0, 0.05) is 6.04 Å². The van der Waals surface area contributed by atoms with E-state index in [1.807, 2.05) is 0 Å². The summed E-state index contributed by atoms with van der Waals surface area (Å²) in [6, 6.07) is 17.9. The van der Waals surface area contributed by atoms with Gasteiger partial charge in [-0.1, -0.05) is 42.5 Å². The minimum Gasteiger partial charge on any atom is -0.492 e. The van der Waals surface area contributed by atoms with Crippen molar-refractivity contribution < 1.29 is 4.74 Å². The molecule has 2 aromatic carbocycles. The van der Waals surface area contributed by atoms with Crippen LogP contribution >= 0.6 is 23.3 Å². The van der Waals surface area contributed by atoms with E-state index in [0.29, 0.717) is 6.04 Å². The quantitative estimate of drug-likeness (QED) is 0.662. The molecule has 0 amide bonds. The molecule has 0 aliphatic carbocycles. The summed E-state index contributed by atoms with van der Waals surface area (Å²) in [6.45, 7) is 1.89. The van der Waals surface area contributed by atoms with Gasteiger partial charge in [-0.2, -0.15) is 10.9 Å². The highest BCUT2D eigenvalue weighted by Gasteiger charge is 2.14. The van der Waals surface area contributed by atoms with Crippen LogP contribution in [0.15, 0.2) is 76.4 Å². The van der Waals surface area contributed by atoms with Crippen LogP contribution in [0.2, 0.25) is 0 Å². The second-order valence-corrected chi connectivity index (χ2v) is 8.54. The van der Waals surface area contributed by atoms with Crippen LogP contribution in [0.5, 0.6) is 5.75 Å². The van der Waals surface area contributed by atoms with Crippen LogP contribution in [0.1, 0.15) is 24.0 Å². The van der Waals surface area contributed by atoms with E-state index in [9.17, 15) is 0 Å². The second-order valence-electron chi connectivity index (χ2n) is 6.64. The summed E-state index contributed by atoms with van der Waals surface area (Å²) in [5.41, 5.74) is 2.76. The summed E-state index contributed by atoms with van der Waals surface area (Å²) in [4.78, 5) is 1.47. The number of nitrogens with one attached hydrogen (secondary N) is 1. The molecule has 1 saturated heterocycles. The molecule has 4 rings (SSSR count). The van der Waals surface area contributed by atoms with Crippen LogP contribution in [0.3, 0.4) is 0 Å². The Labute approximate surface area is 165 Å². The maximum Gasteiger partial charge on any atom is 0.119 e. The standard InChI is InChI=1S/C22H25NOS.ClH/c1-2-8-22(25-14-3-4-15-25)19(6-1)16-18-9-11-21(12-10-18)24-17-20-7-5-13-23-20;/h1-4,6,8-12,14-15,20,23,25H,5,7,13,16-17H2;1H/t20-;/m1./s1. The normalized spacial score (nSPS) is 19.5. The van der Waals surface area contributed by atoms with Gasteiger partial charge < -0.3 is 10.1 Å². The summed E-state index contributed by atoms with van der Waals surface area (Å²) in [7, 11) is -0.267. The highest BCUT2D eigenvalue weighted by atomic mass is 35.5. The Morgan fingerprint density at radius 3 is 2.50 bits per heavy atom. The Morgan fingerprint density at radius 1 is 1.00 bits per heavy atom. The van der Waals surface area contributed by atoms with Crippen molar-refractivity contribution in [1.82, 2.24) is 5.32 Å². The number of thiol groups is 1. The molecule has 1 atom stereocenters. The molecule has 0 radical (unpaired) electrons. The third-order valence-corrected chi connectivity index (χ3v) is 6.79. The SMILES string of the molecule is C1=C[SH](c2ccccc2Cc2ccc(OC[C@H]3CCCN3)cc2)C=C1.Cl. The molecule has 1 N–H and O–H groups in total. The highest BCUT2D eigenvalue weighted by Crippen LogP contribution is 2.44. The molecule has 0 spiro atoms. The van der Waals surface area contributed by atoms with Gasteiger partial charge in [0.1, 0.15) is 12.4 Å². The third-order valence-electron chi connectivity index (χ3n) is 4.81. The van der Waals surface area contributed by atoms with Crippen molar-refractivity contribution in [3.8, 4) is 5.75 Å². The van der Waals surface area contributed by atoms with Crippen LogP contribution in [0, 0.1) is 0 Å². The number of hydrogen-bond acceptors (Lipinski definition) is 2. The van der Waals surface area contributed by atoms with Gasteiger partial charge in [0.15, 0.2) is 0 Å². The first-order valence-corrected chi connectivity index (χ1v) is 10.5. The van der Waals surface area contributed by atoms with Crippen molar-refractivity contribution in [2.75, 3.05) is 13.2 Å². The first-order valence-electron chi connectivity index (χ1n) is 9.05. The molecule has 138 valence electrons. The predicted molar refractivity (Wildman–Crippen MR) is 115 cm³/mol. The van der Waals surface area contributed by atoms with E-state index >= 15 is 0 Å². The number of benzene rings is 2. The zero-order valence-electron chi connectivity index (χ0n) is 14.8. The van der Waals surface area contributed by atoms with E-state index in [1.165, 1.54) is 28.9 Å². The molecule has 0 bridgehead atoms. The summed E-state index contributed by atoms with van der Waals surface area (Å²) < 4.78 is 5.92. The largest absolute Gasteiger partial charge is 0.492 e. The maximum absolute atomic E-state index is 5.92. The van der Waals surface area contributed by atoms with Crippen molar-refractivity contribution in [2.24, 2.45) is 0 Å². The summed E-state index contributed by atoms with van der Waals surface area (Å²) >= 11 is 0. The molecule has 2 heterocycles. The van der Waals surface area contributed by atoms with E-state index in [4.69, 9.17) is 4.74 Å². The fourth-order valence-electron chi connectivity index (χ4n) is 3.43. The van der Waals surface area contributed by atoms with Gasteiger partial charge in [-0.05, 0) is 70.8 Å². The average Bonchev–Trinajstić information content (AvgIpc) is 3.36. The first kappa shape index (κ1) is 19.1. The van der Waals surface area contributed by atoms with Gasteiger partial charge in [-0.25, -0.2) is 0 Å². The topological polar surface area (TPSA) is 21.3 Å². The molecule has 1 fully saturated rings. The van der Waals surface area contributed by atoms with Crippen LogP contribution < -0.4 is 10.1 Å². The van der Waals surface area contributed by atoms with E-state index in [1.54, 1.807) is 0 Å². The average molecular weight is 388 g/mol. The van der Waals surface area contributed by atoms with Crippen molar-refractivity contribution in [1.29, 1.82) is 0 Å². The van der Waals surface area contributed by atoms with Crippen molar-refractivity contribution in [2.45, 2.75) is 30.2 Å². The third kappa shape index (κ3) is 4.73. The number of halogens is 1. The number of allylic oxidation sites excluding steroid dienone is 2. The van der Waals surface area contributed by atoms with Gasteiger partial charge in [-0.15, -0.1) is 12.4 Å². The minimum atomic E-state index is -0.267. The fourth-order valence-corrected chi connectivity index (χ4v) is 5.16. The van der Waals surface area contributed by atoms with E-state index < -0.39 is 0 Å². The lowest BCUT2D eigenvalue weighted by molar-refractivity contribution is 0.277. The van der Waals surface area contributed by atoms with E-state index in [2.05, 4.69) is 76.8 Å². The molecule has 0 aromatic heterocycles. The van der Waals surface area contributed by atoms with Crippen LogP contribution in [0.25, 0.3) is 0 Å². The smallest absolute Gasteiger partial charge is 0.119 e. The predicted octanol–water partition coefficient (Wildman–Crippen LogP) is 5.23. The van der Waals surface area contributed by atoms with Gasteiger partial charge in [0.25, 0.3) is 0 Å². The highest BCUT2D eigenvalue weighted by molar-refractivity contribution is 8.22. The Kier molecular flexibility index (Phi) is 6.84. The molecule has 26 heavy (non-hydrogen) atoms. The summed E-state index contributed by atoms with van der Waals surface area (Å²) in [5.74, 6) is 0.969. The van der Waals surface area contributed by atoms with Gasteiger partial charge in [0.2, 0.25) is 0 Å². The molecular weight excluding hydrogens is 362 g/mol. The van der Waals surface area contributed by atoms with Gasteiger partial charge in [0.05, 0.1) is 0 Å². The Hall–Kier alpha value is -1.68. The van der Waals surface area contributed by atoms with Crippen LogP contribution in [-0.4, -0.2) is 19.2 Å². The molecule has 2 nitrogen and oxygen atoms in total. The monoisotopic (exact) mass is 387 g/mol.